The average molecular weight is 284 g/mol. The van der Waals surface area contributed by atoms with Crippen molar-refractivity contribution in [1.82, 2.24) is 0 Å². The Hall–Kier alpha value is -0.540. The van der Waals surface area contributed by atoms with Crippen molar-refractivity contribution >= 4 is 21.6 Å². The van der Waals surface area contributed by atoms with Gasteiger partial charge in [-0.05, 0) is 30.5 Å². The van der Waals surface area contributed by atoms with E-state index in [1.165, 1.54) is 11.3 Å². The first-order valence-corrected chi connectivity index (χ1v) is 6.88. The fourth-order valence-corrected chi connectivity index (χ4v) is 2.52. The second kappa shape index (κ2) is 5.69. The van der Waals surface area contributed by atoms with E-state index in [-0.39, 0.29) is 0 Å². The number of anilines is 1. The number of benzene rings is 1. The monoisotopic (exact) mass is 283 g/mol. The van der Waals surface area contributed by atoms with Crippen molar-refractivity contribution in [2.45, 2.75) is 24.3 Å². The van der Waals surface area contributed by atoms with E-state index in [0.717, 1.165) is 31.3 Å². The van der Waals surface area contributed by atoms with Crippen molar-refractivity contribution in [1.29, 1.82) is 0 Å². The lowest BCUT2D eigenvalue weighted by Crippen LogP contribution is -2.36. The molecule has 3 heteroatoms. The average Bonchev–Trinajstić information content (AvgIpc) is 2.39. The summed E-state index contributed by atoms with van der Waals surface area (Å²) in [6.45, 7) is 2.21. The standard InChI is InChI=1S/C13H18BrNO/c1-16-13-6-8-15(9-7-13)12-4-2-11(10-14)3-5-12/h2-5,13H,6-10H2,1H3. The maximum Gasteiger partial charge on any atom is 0.0605 e. The van der Waals surface area contributed by atoms with E-state index in [4.69, 9.17) is 4.74 Å². The second-order valence-corrected chi connectivity index (χ2v) is 4.78. The summed E-state index contributed by atoms with van der Waals surface area (Å²) in [5, 5.41) is 0.930. The van der Waals surface area contributed by atoms with Gasteiger partial charge in [-0.25, -0.2) is 0 Å². The molecule has 0 aromatic heterocycles. The Morgan fingerprint density at radius 1 is 1.25 bits per heavy atom. The van der Waals surface area contributed by atoms with Crippen molar-refractivity contribution in [3.05, 3.63) is 29.8 Å². The van der Waals surface area contributed by atoms with Crippen LogP contribution in [0.1, 0.15) is 18.4 Å². The molecular formula is C13H18BrNO. The lowest BCUT2D eigenvalue weighted by molar-refractivity contribution is 0.0819. The van der Waals surface area contributed by atoms with Crippen LogP contribution in [0.5, 0.6) is 0 Å². The summed E-state index contributed by atoms with van der Waals surface area (Å²) >= 11 is 3.47. The molecule has 0 saturated carbocycles. The van der Waals surface area contributed by atoms with Gasteiger partial charge in [0.05, 0.1) is 6.10 Å². The van der Waals surface area contributed by atoms with Crippen molar-refractivity contribution < 1.29 is 4.74 Å². The number of halogens is 1. The number of hydrogen-bond donors (Lipinski definition) is 0. The summed E-state index contributed by atoms with van der Waals surface area (Å²) in [5.41, 5.74) is 2.66. The van der Waals surface area contributed by atoms with Crippen LogP contribution in [0.4, 0.5) is 5.69 Å². The predicted molar refractivity (Wildman–Crippen MR) is 71.3 cm³/mol. The third-order valence-corrected chi connectivity index (χ3v) is 3.88. The zero-order valence-corrected chi connectivity index (χ0v) is 11.2. The summed E-state index contributed by atoms with van der Waals surface area (Å²) < 4.78 is 5.38. The molecule has 1 aromatic rings. The SMILES string of the molecule is COC1CCN(c2ccc(CBr)cc2)CC1. The highest BCUT2D eigenvalue weighted by Gasteiger charge is 2.18. The first-order chi connectivity index (χ1) is 7.83. The van der Waals surface area contributed by atoms with E-state index in [1.807, 2.05) is 7.11 Å². The first-order valence-electron chi connectivity index (χ1n) is 5.76. The molecule has 0 amide bonds. The number of nitrogens with zero attached hydrogens (tertiary/aromatic N) is 1. The van der Waals surface area contributed by atoms with E-state index >= 15 is 0 Å². The van der Waals surface area contributed by atoms with Gasteiger partial charge in [0.2, 0.25) is 0 Å². The quantitative estimate of drug-likeness (QED) is 0.790. The van der Waals surface area contributed by atoms with Crippen molar-refractivity contribution in [3.63, 3.8) is 0 Å². The molecule has 1 aromatic carbocycles. The molecule has 88 valence electrons. The lowest BCUT2D eigenvalue weighted by Gasteiger charge is -2.33. The van der Waals surface area contributed by atoms with Gasteiger partial charge in [-0.1, -0.05) is 28.1 Å². The highest BCUT2D eigenvalue weighted by molar-refractivity contribution is 9.08. The Morgan fingerprint density at radius 3 is 2.38 bits per heavy atom. The Labute approximate surface area is 106 Å². The number of ether oxygens (including phenoxy) is 1. The molecule has 16 heavy (non-hydrogen) atoms. The molecule has 0 radical (unpaired) electrons. The molecule has 1 aliphatic rings. The van der Waals surface area contributed by atoms with Crippen LogP contribution in [0.3, 0.4) is 0 Å². The first kappa shape index (κ1) is 11.9. The number of alkyl halides is 1. The van der Waals surface area contributed by atoms with Gasteiger partial charge in [0, 0.05) is 31.2 Å². The fraction of sp³-hybridized carbons (Fsp3) is 0.538. The predicted octanol–water partition coefficient (Wildman–Crippen LogP) is 3.20. The molecule has 0 spiro atoms. The van der Waals surface area contributed by atoms with Gasteiger partial charge in [0.25, 0.3) is 0 Å². The molecule has 2 rings (SSSR count). The molecule has 1 fully saturated rings. The Balaban J connectivity index is 1.97. The molecule has 0 N–H and O–H groups in total. The van der Waals surface area contributed by atoms with Crippen molar-refractivity contribution in [2.24, 2.45) is 0 Å². The maximum absolute atomic E-state index is 5.38. The number of rotatable bonds is 3. The smallest absolute Gasteiger partial charge is 0.0605 e. The molecule has 0 atom stereocenters. The largest absolute Gasteiger partial charge is 0.381 e. The van der Waals surface area contributed by atoms with Crippen LogP contribution in [0.15, 0.2) is 24.3 Å². The fourth-order valence-electron chi connectivity index (χ4n) is 2.15. The normalized spacial score (nSPS) is 17.8. The van der Waals surface area contributed by atoms with Gasteiger partial charge >= 0.3 is 0 Å². The van der Waals surface area contributed by atoms with E-state index < -0.39 is 0 Å². The third-order valence-electron chi connectivity index (χ3n) is 3.23. The van der Waals surface area contributed by atoms with Gasteiger partial charge < -0.3 is 9.64 Å². The van der Waals surface area contributed by atoms with Crippen LogP contribution >= 0.6 is 15.9 Å². The highest BCUT2D eigenvalue weighted by Crippen LogP contribution is 2.22. The highest BCUT2D eigenvalue weighted by atomic mass is 79.9. The summed E-state index contributed by atoms with van der Waals surface area (Å²) in [6.07, 6.45) is 2.73. The van der Waals surface area contributed by atoms with Crippen molar-refractivity contribution in [3.8, 4) is 0 Å². The van der Waals surface area contributed by atoms with Gasteiger partial charge in [-0.3, -0.25) is 0 Å². The topological polar surface area (TPSA) is 12.5 Å². The number of methoxy groups -OCH3 is 1. The number of hydrogen-bond acceptors (Lipinski definition) is 2. The van der Waals surface area contributed by atoms with Crippen LogP contribution in [0.25, 0.3) is 0 Å². The molecule has 1 heterocycles. The van der Waals surface area contributed by atoms with Crippen LogP contribution in [-0.2, 0) is 10.1 Å². The zero-order chi connectivity index (χ0) is 11.4. The third kappa shape index (κ3) is 2.77. The van der Waals surface area contributed by atoms with Gasteiger partial charge in [0.15, 0.2) is 0 Å². The summed E-state index contributed by atoms with van der Waals surface area (Å²) in [7, 11) is 1.81. The Kier molecular flexibility index (Phi) is 4.24. The van der Waals surface area contributed by atoms with Gasteiger partial charge in [-0.2, -0.15) is 0 Å². The van der Waals surface area contributed by atoms with Crippen molar-refractivity contribution in [2.75, 3.05) is 25.1 Å². The minimum Gasteiger partial charge on any atom is -0.381 e. The maximum atomic E-state index is 5.38. The van der Waals surface area contributed by atoms with E-state index in [2.05, 4.69) is 45.1 Å². The Morgan fingerprint density at radius 2 is 1.88 bits per heavy atom. The minimum atomic E-state index is 0.457. The van der Waals surface area contributed by atoms with Crippen LogP contribution in [0.2, 0.25) is 0 Å². The molecule has 0 bridgehead atoms. The molecule has 2 nitrogen and oxygen atoms in total. The minimum absolute atomic E-state index is 0.457. The van der Waals surface area contributed by atoms with E-state index in [9.17, 15) is 0 Å². The lowest BCUT2D eigenvalue weighted by atomic mass is 10.1. The van der Waals surface area contributed by atoms with Gasteiger partial charge in [-0.15, -0.1) is 0 Å². The van der Waals surface area contributed by atoms with Crippen LogP contribution < -0.4 is 4.90 Å². The summed E-state index contributed by atoms with van der Waals surface area (Å²) in [4.78, 5) is 2.44. The second-order valence-electron chi connectivity index (χ2n) is 4.22. The molecule has 1 saturated heterocycles. The number of piperidine rings is 1. The van der Waals surface area contributed by atoms with E-state index in [1.54, 1.807) is 0 Å². The molecule has 1 aliphatic heterocycles. The van der Waals surface area contributed by atoms with Crippen LogP contribution in [0, 0.1) is 0 Å². The van der Waals surface area contributed by atoms with E-state index in [0.29, 0.717) is 6.10 Å². The molecule has 0 unspecified atom stereocenters. The Bertz CT molecular complexity index is 317. The molecule has 0 aliphatic carbocycles. The van der Waals surface area contributed by atoms with Crippen LogP contribution in [-0.4, -0.2) is 26.3 Å². The summed E-state index contributed by atoms with van der Waals surface area (Å²) in [6, 6.07) is 8.80. The van der Waals surface area contributed by atoms with Gasteiger partial charge in [0.1, 0.15) is 0 Å². The molecular weight excluding hydrogens is 266 g/mol. The zero-order valence-electron chi connectivity index (χ0n) is 9.66. The summed E-state index contributed by atoms with van der Waals surface area (Å²) in [5.74, 6) is 0.